The van der Waals surface area contributed by atoms with Gasteiger partial charge in [0, 0.05) is 18.7 Å². The molecule has 0 bridgehead atoms. The molecule has 1 saturated heterocycles. The Hall–Kier alpha value is -3.68. The molecule has 2 aromatic rings. The number of anilines is 1. The number of nitrogens with zero attached hydrogens (tertiary/aromatic N) is 1. The fourth-order valence-corrected chi connectivity index (χ4v) is 3.48. The molecular weight excluding hydrogens is 412 g/mol. The minimum absolute atomic E-state index is 0.158. The second-order valence-corrected chi connectivity index (χ2v) is 7.35. The predicted octanol–water partition coefficient (Wildman–Crippen LogP) is 2.90. The highest BCUT2D eigenvalue weighted by atomic mass is 16.5. The monoisotopic (exact) mass is 438 g/mol. The summed E-state index contributed by atoms with van der Waals surface area (Å²) in [5.41, 5.74) is 0.914. The highest BCUT2D eigenvalue weighted by Gasteiger charge is 2.28. The summed E-state index contributed by atoms with van der Waals surface area (Å²) in [4.78, 5) is 50.8. The molecule has 8 heteroatoms. The minimum Gasteiger partial charge on any atom is -0.466 e. The topological polar surface area (TPSA) is 102 Å². The van der Waals surface area contributed by atoms with Gasteiger partial charge < -0.3 is 19.7 Å². The Morgan fingerprint density at radius 3 is 2.28 bits per heavy atom. The summed E-state index contributed by atoms with van der Waals surface area (Å²) in [5.74, 6) is -1.83. The van der Waals surface area contributed by atoms with E-state index in [-0.39, 0.29) is 29.3 Å². The second-order valence-electron chi connectivity index (χ2n) is 7.35. The van der Waals surface area contributed by atoms with E-state index in [0.29, 0.717) is 43.8 Å². The van der Waals surface area contributed by atoms with Gasteiger partial charge in [-0.1, -0.05) is 30.3 Å². The summed E-state index contributed by atoms with van der Waals surface area (Å²) < 4.78 is 10.2. The zero-order valence-electron chi connectivity index (χ0n) is 17.9. The lowest BCUT2D eigenvalue weighted by molar-refractivity contribution is -0.151. The number of amides is 2. The van der Waals surface area contributed by atoms with Crippen molar-refractivity contribution in [3.63, 3.8) is 0 Å². The lowest BCUT2D eigenvalue weighted by Crippen LogP contribution is -2.42. The molecular formula is C24H26N2O6. The zero-order valence-corrected chi connectivity index (χ0v) is 17.9. The number of piperidine rings is 1. The van der Waals surface area contributed by atoms with E-state index in [1.54, 1.807) is 60.4 Å². The summed E-state index contributed by atoms with van der Waals surface area (Å²) in [6.45, 7) is 2.49. The smallest absolute Gasteiger partial charge is 0.340 e. The quantitative estimate of drug-likeness (QED) is 0.667. The summed E-state index contributed by atoms with van der Waals surface area (Å²) in [7, 11) is 0. The molecule has 2 amide bonds. The number of benzene rings is 2. The molecule has 1 aliphatic heterocycles. The van der Waals surface area contributed by atoms with Gasteiger partial charge in [-0.15, -0.1) is 0 Å². The van der Waals surface area contributed by atoms with Crippen molar-refractivity contribution in [1.82, 2.24) is 4.90 Å². The molecule has 32 heavy (non-hydrogen) atoms. The first-order valence-electron chi connectivity index (χ1n) is 10.6. The number of nitrogens with one attached hydrogen (secondary N) is 1. The summed E-state index contributed by atoms with van der Waals surface area (Å²) in [6, 6.07) is 15.1. The van der Waals surface area contributed by atoms with Gasteiger partial charge in [0.05, 0.1) is 23.8 Å². The first kappa shape index (κ1) is 23.0. The Bertz CT molecular complexity index is 967. The molecule has 0 radical (unpaired) electrons. The minimum atomic E-state index is -0.705. The fraction of sp³-hybridized carbons (Fsp3) is 0.333. The molecule has 0 saturated carbocycles. The largest absolute Gasteiger partial charge is 0.466 e. The van der Waals surface area contributed by atoms with Crippen molar-refractivity contribution in [1.29, 1.82) is 0 Å². The van der Waals surface area contributed by atoms with Gasteiger partial charge >= 0.3 is 11.9 Å². The molecule has 0 aliphatic carbocycles. The zero-order chi connectivity index (χ0) is 22.9. The Morgan fingerprint density at radius 2 is 1.59 bits per heavy atom. The van der Waals surface area contributed by atoms with E-state index in [2.05, 4.69) is 5.32 Å². The molecule has 8 nitrogen and oxygen atoms in total. The predicted molar refractivity (Wildman–Crippen MR) is 117 cm³/mol. The van der Waals surface area contributed by atoms with E-state index < -0.39 is 12.6 Å². The number of carbonyl (C=O) groups excluding carboxylic acids is 4. The van der Waals surface area contributed by atoms with Crippen molar-refractivity contribution in [2.24, 2.45) is 5.92 Å². The molecule has 168 valence electrons. The number of para-hydroxylation sites is 1. The highest BCUT2D eigenvalue weighted by molar-refractivity contribution is 6.08. The van der Waals surface area contributed by atoms with Crippen LogP contribution >= 0.6 is 0 Å². The van der Waals surface area contributed by atoms with Gasteiger partial charge in [-0.05, 0) is 44.0 Å². The van der Waals surface area contributed by atoms with Gasteiger partial charge in [-0.3, -0.25) is 14.4 Å². The van der Waals surface area contributed by atoms with Crippen molar-refractivity contribution in [3.05, 3.63) is 65.7 Å². The maximum atomic E-state index is 12.6. The van der Waals surface area contributed by atoms with Crippen molar-refractivity contribution in [2.45, 2.75) is 19.8 Å². The number of esters is 2. The van der Waals surface area contributed by atoms with Gasteiger partial charge in [0.1, 0.15) is 0 Å². The molecule has 1 fully saturated rings. The number of hydrogen-bond donors (Lipinski definition) is 1. The molecule has 1 aliphatic rings. The van der Waals surface area contributed by atoms with Crippen LogP contribution in [0.5, 0.6) is 0 Å². The molecule has 2 aromatic carbocycles. The van der Waals surface area contributed by atoms with Crippen LogP contribution in [-0.2, 0) is 19.1 Å². The van der Waals surface area contributed by atoms with Crippen LogP contribution in [0, 0.1) is 5.92 Å². The van der Waals surface area contributed by atoms with Crippen LogP contribution in [0.2, 0.25) is 0 Å². The van der Waals surface area contributed by atoms with Crippen LogP contribution in [0.4, 0.5) is 5.69 Å². The lowest BCUT2D eigenvalue weighted by atomic mass is 9.97. The van der Waals surface area contributed by atoms with E-state index in [1.165, 1.54) is 6.07 Å². The first-order valence-corrected chi connectivity index (χ1v) is 10.6. The van der Waals surface area contributed by atoms with Gasteiger partial charge in [-0.25, -0.2) is 4.79 Å². The molecule has 1 heterocycles. The summed E-state index contributed by atoms with van der Waals surface area (Å²) in [5, 5.41) is 2.71. The fourth-order valence-electron chi connectivity index (χ4n) is 3.48. The lowest BCUT2D eigenvalue weighted by Gasteiger charge is -2.30. The van der Waals surface area contributed by atoms with Crippen molar-refractivity contribution in [3.8, 4) is 0 Å². The van der Waals surface area contributed by atoms with Crippen molar-refractivity contribution < 1.29 is 28.7 Å². The summed E-state index contributed by atoms with van der Waals surface area (Å²) >= 11 is 0. The third-order valence-corrected chi connectivity index (χ3v) is 5.23. The van der Waals surface area contributed by atoms with E-state index in [4.69, 9.17) is 9.47 Å². The number of hydrogen-bond acceptors (Lipinski definition) is 6. The van der Waals surface area contributed by atoms with Crippen LogP contribution in [0.1, 0.15) is 40.5 Å². The van der Waals surface area contributed by atoms with Gasteiger partial charge in [0.2, 0.25) is 0 Å². The third kappa shape index (κ3) is 5.94. The number of likely N-dealkylation sites (tertiary alicyclic amines) is 1. The normalized spacial score (nSPS) is 13.8. The first-order chi connectivity index (χ1) is 15.5. The molecule has 0 atom stereocenters. The second kappa shape index (κ2) is 11.1. The van der Waals surface area contributed by atoms with Crippen LogP contribution in [0.3, 0.4) is 0 Å². The van der Waals surface area contributed by atoms with Crippen molar-refractivity contribution >= 4 is 29.4 Å². The number of rotatable bonds is 7. The van der Waals surface area contributed by atoms with Gasteiger partial charge in [0.25, 0.3) is 11.8 Å². The maximum Gasteiger partial charge on any atom is 0.340 e. The molecule has 0 spiro atoms. The van der Waals surface area contributed by atoms with Gasteiger partial charge in [0.15, 0.2) is 6.61 Å². The Kier molecular flexibility index (Phi) is 7.96. The molecule has 3 rings (SSSR count). The van der Waals surface area contributed by atoms with Crippen LogP contribution < -0.4 is 5.32 Å². The van der Waals surface area contributed by atoms with Crippen LogP contribution in [0.25, 0.3) is 0 Å². The summed E-state index contributed by atoms with van der Waals surface area (Å²) in [6.07, 6.45) is 1.04. The van der Waals surface area contributed by atoms with Crippen LogP contribution in [0.15, 0.2) is 54.6 Å². The number of carbonyl (C=O) groups is 4. The number of ether oxygens (including phenoxy) is 2. The Labute approximate surface area is 186 Å². The average Bonchev–Trinajstić information content (AvgIpc) is 2.83. The van der Waals surface area contributed by atoms with E-state index in [9.17, 15) is 19.2 Å². The van der Waals surface area contributed by atoms with E-state index in [1.807, 2.05) is 0 Å². The highest BCUT2D eigenvalue weighted by Crippen LogP contribution is 2.20. The third-order valence-electron chi connectivity index (χ3n) is 5.23. The Morgan fingerprint density at radius 1 is 0.938 bits per heavy atom. The molecule has 0 aromatic heterocycles. The maximum absolute atomic E-state index is 12.6. The van der Waals surface area contributed by atoms with E-state index in [0.717, 1.165) is 0 Å². The molecule has 1 N–H and O–H groups in total. The molecule has 0 unspecified atom stereocenters. The Balaban J connectivity index is 1.54. The standard InChI is InChI=1S/C24H26N2O6/c1-2-31-23(29)18-12-14-26(15-13-18)21(27)16-32-24(30)19-10-6-7-11-20(19)25-22(28)17-8-4-3-5-9-17/h3-11,18H,2,12-16H2,1H3,(H,25,28). The van der Waals surface area contributed by atoms with Crippen LogP contribution in [-0.4, -0.2) is 55.0 Å². The van der Waals surface area contributed by atoms with E-state index >= 15 is 0 Å². The van der Waals surface area contributed by atoms with Crippen molar-refractivity contribution in [2.75, 3.05) is 31.6 Å². The SMILES string of the molecule is CCOC(=O)C1CCN(C(=O)COC(=O)c2ccccc2NC(=O)c2ccccc2)CC1. The average molecular weight is 438 g/mol. The van der Waals surface area contributed by atoms with Gasteiger partial charge in [-0.2, -0.15) is 0 Å².